The first kappa shape index (κ1) is 14.3. The van der Waals surface area contributed by atoms with Crippen molar-refractivity contribution in [1.29, 1.82) is 0 Å². The minimum Gasteiger partial charge on any atom is -0.365 e. The molecule has 0 aromatic heterocycles. The predicted octanol–water partition coefficient (Wildman–Crippen LogP) is 1.97. The van der Waals surface area contributed by atoms with Crippen LogP contribution in [-0.2, 0) is 11.3 Å². The molecule has 1 heterocycles. The Morgan fingerprint density at radius 3 is 2.68 bits per heavy atom. The van der Waals surface area contributed by atoms with Crippen LogP contribution >= 0.6 is 15.9 Å². The quantitative estimate of drug-likeness (QED) is 0.920. The fourth-order valence-corrected chi connectivity index (χ4v) is 2.83. The summed E-state index contributed by atoms with van der Waals surface area (Å²) in [6.07, 6.45) is 2.26. The van der Waals surface area contributed by atoms with Gasteiger partial charge in [-0.2, -0.15) is 0 Å². The van der Waals surface area contributed by atoms with Gasteiger partial charge in [0.1, 0.15) is 0 Å². The number of carbonyl (C=O) groups is 1. The number of likely N-dealkylation sites (N-methyl/N-ethyl adjacent to an activating group) is 1. The van der Waals surface area contributed by atoms with Crippen LogP contribution < -0.4 is 10.6 Å². The number of carbonyl (C=O) groups excluding carboxylic acids is 1. The van der Waals surface area contributed by atoms with Crippen molar-refractivity contribution in [3.05, 3.63) is 28.2 Å². The predicted molar refractivity (Wildman–Crippen MR) is 81.1 cm³/mol. The lowest BCUT2D eigenvalue weighted by molar-refractivity contribution is -0.128. The molecule has 5 heteroatoms. The third-order valence-corrected chi connectivity index (χ3v) is 4.27. The van der Waals surface area contributed by atoms with E-state index in [1.54, 1.807) is 0 Å². The number of anilines is 1. The smallest absolute Gasteiger partial charge is 0.242 e. The van der Waals surface area contributed by atoms with Crippen molar-refractivity contribution in [2.75, 3.05) is 31.6 Å². The number of likely N-dealkylation sites (tertiary alicyclic amines) is 1. The molecule has 19 heavy (non-hydrogen) atoms. The number of halogens is 1. The number of benzene rings is 1. The highest BCUT2D eigenvalue weighted by Crippen LogP contribution is 2.23. The lowest BCUT2D eigenvalue weighted by Gasteiger charge is -2.23. The highest BCUT2D eigenvalue weighted by atomic mass is 79.9. The molecule has 0 saturated carbocycles. The first-order valence-corrected chi connectivity index (χ1v) is 7.38. The van der Waals surface area contributed by atoms with Gasteiger partial charge in [0.05, 0.1) is 6.54 Å². The van der Waals surface area contributed by atoms with Crippen molar-refractivity contribution in [2.24, 2.45) is 5.73 Å². The summed E-state index contributed by atoms with van der Waals surface area (Å²) in [6, 6.07) is 6.01. The van der Waals surface area contributed by atoms with Crippen molar-refractivity contribution in [2.45, 2.75) is 19.4 Å². The van der Waals surface area contributed by atoms with Gasteiger partial charge in [-0.25, -0.2) is 0 Å². The van der Waals surface area contributed by atoms with Crippen LogP contribution in [0.4, 0.5) is 5.69 Å². The van der Waals surface area contributed by atoms with Crippen LogP contribution in [0.5, 0.6) is 0 Å². The number of hydrogen-bond acceptors (Lipinski definition) is 3. The van der Waals surface area contributed by atoms with E-state index in [1.165, 1.54) is 0 Å². The molecule has 1 saturated heterocycles. The van der Waals surface area contributed by atoms with Crippen LogP contribution in [-0.4, -0.2) is 37.5 Å². The normalized spacial score (nSPS) is 14.8. The molecule has 104 valence electrons. The van der Waals surface area contributed by atoms with E-state index < -0.39 is 0 Å². The second kappa shape index (κ2) is 6.39. The molecule has 2 rings (SSSR count). The summed E-state index contributed by atoms with van der Waals surface area (Å²) in [5.74, 6) is 0.207. The van der Waals surface area contributed by atoms with E-state index in [0.717, 1.165) is 41.7 Å². The van der Waals surface area contributed by atoms with E-state index in [-0.39, 0.29) is 5.91 Å². The highest BCUT2D eigenvalue weighted by Gasteiger charge is 2.19. The van der Waals surface area contributed by atoms with Gasteiger partial charge in [-0.1, -0.05) is 22.0 Å². The SMILES string of the molecule is CN(CC(=O)N1CCCC1)c1ccc(CN)c(Br)c1. The van der Waals surface area contributed by atoms with E-state index >= 15 is 0 Å². The molecule has 0 unspecified atom stereocenters. The van der Waals surface area contributed by atoms with Crippen LogP contribution in [0.15, 0.2) is 22.7 Å². The van der Waals surface area contributed by atoms with Crippen LogP contribution in [0.1, 0.15) is 18.4 Å². The van der Waals surface area contributed by atoms with Crippen molar-refractivity contribution >= 4 is 27.5 Å². The summed E-state index contributed by atoms with van der Waals surface area (Å²) in [7, 11) is 1.94. The second-order valence-electron chi connectivity index (χ2n) is 4.92. The van der Waals surface area contributed by atoms with E-state index in [2.05, 4.69) is 15.9 Å². The summed E-state index contributed by atoms with van der Waals surface area (Å²) < 4.78 is 0.993. The van der Waals surface area contributed by atoms with E-state index in [1.807, 2.05) is 35.0 Å². The van der Waals surface area contributed by atoms with Gasteiger partial charge >= 0.3 is 0 Å². The van der Waals surface area contributed by atoms with Gasteiger partial charge < -0.3 is 15.5 Å². The van der Waals surface area contributed by atoms with Gasteiger partial charge in [0.25, 0.3) is 0 Å². The molecule has 2 N–H and O–H groups in total. The number of rotatable bonds is 4. The van der Waals surface area contributed by atoms with Crippen molar-refractivity contribution in [3.63, 3.8) is 0 Å². The minimum absolute atomic E-state index is 0.207. The van der Waals surface area contributed by atoms with Crippen LogP contribution in [0.2, 0.25) is 0 Å². The number of nitrogens with two attached hydrogens (primary N) is 1. The molecule has 4 nitrogen and oxygen atoms in total. The first-order chi connectivity index (χ1) is 9.11. The van der Waals surface area contributed by atoms with Gasteiger partial charge in [-0.15, -0.1) is 0 Å². The highest BCUT2D eigenvalue weighted by molar-refractivity contribution is 9.10. The lowest BCUT2D eigenvalue weighted by Crippen LogP contribution is -2.37. The Labute approximate surface area is 122 Å². The molecule has 0 atom stereocenters. The molecule has 1 aliphatic heterocycles. The zero-order valence-corrected chi connectivity index (χ0v) is 12.8. The number of nitrogens with zero attached hydrogens (tertiary/aromatic N) is 2. The Hall–Kier alpha value is -1.07. The van der Waals surface area contributed by atoms with E-state index in [9.17, 15) is 4.79 Å². The van der Waals surface area contributed by atoms with Crippen molar-refractivity contribution in [3.8, 4) is 0 Å². The zero-order valence-electron chi connectivity index (χ0n) is 11.2. The molecule has 1 aliphatic rings. The molecule has 0 radical (unpaired) electrons. The summed E-state index contributed by atoms with van der Waals surface area (Å²) in [5.41, 5.74) is 7.73. The van der Waals surface area contributed by atoms with Gasteiger partial charge in [-0.3, -0.25) is 4.79 Å². The Kier molecular flexibility index (Phi) is 4.82. The average molecular weight is 326 g/mol. The van der Waals surface area contributed by atoms with Crippen LogP contribution in [0, 0.1) is 0 Å². The zero-order chi connectivity index (χ0) is 13.8. The van der Waals surface area contributed by atoms with E-state index in [4.69, 9.17) is 5.73 Å². The Morgan fingerprint density at radius 1 is 1.42 bits per heavy atom. The molecule has 0 aliphatic carbocycles. The summed E-state index contributed by atoms with van der Waals surface area (Å²) in [6.45, 7) is 2.75. The molecule has 1 fully saturated rings. The van der Waals surface area contributed by atoms with Gasteiger partial charge in [0.2, 0.25) is 5.91 Å². The maximum atomic E-state index is 12.1. The Balaban J connectivity index is 2.00. The summed E-state index contributed by atoms with van der Waals surface area (Å²) >= 11 is 3.51. The Morgan fingerprint density at radius 2 is 2.11 bits per heavy atom. The van der Waals surface area contributed by atoms with Gasteiger partial charge in [0.15, 0.2) is 0 Å². The van der Waals surface area contributed by atoms with Crippen LogP contribution in [0.25, 0.3) is 0 Å². The average Bonchev–Trinajstić information content (AvgIpc) is 2.92. The van der Waals surface area contributed by atoms with Crippen molar-refractivity contribution in [1.82, 2.24) is 4.90 Å². The standard InChI is InChI=1S/C14H20BrN3O/c1-17(10-14(19)18-6-2-3-7-18)12-5-4-11(9-16)13(15)8-12/h4-5,8H,2-3,6-7,9-10,16H2,1H3. The summed E-state index contributed by atoms with van der Waals surface area (Å²) in [5, 5.41) is 0. The number of amides is 1. The third kappa shape index (κ3) is 3.48. The van der Waals surface area contributed by atoms with Crippen LogP contribution in [0.3, 0.4) is 0 Å². The Bertz CT molecular complexity index is 458. The molecule has 0 bridgehead atoms. The minimum atomic E-state index is 0.207. The molecule has 1 aromatic rings. The fraction of sp³-hybridized carbons (Fsp3) is 0.500. The maximum absolute atomic E-state index is 12.1. The second-order valence-corrected chi connectivity index (χ2v) is 5.78. The van der Waals surface area contributed by atoms with Gasteiger partial charge in [0, 0.05) is 36.8 Å². The van der Waals surface area contributed by atoms with Crippen molar-refractivity contribution < 1.29 is 4.79 Å². The molecule has 1 aromatic carbocycles. The molecular weight excluding hydrogens is 306 g/mol. The van der Waals surface area contributed by atoms with Gasteiger partial charge in [-0.05, 0) is 30.5 Å². The largest absolute Gasteiger partial charge is 0.365 e. The molecule has 1 amide bonds. The lowest BCUT2D eigenvalue weighted by atomic mass is 10.2. The van der Waals surface area contributed by atoms with E-state index in [0.29, 0.717) is 13.1 Å². The summed E-state index contributed by atoms with van der Waals surface area (Å²) in [4.78, 5) is 16.0. The maximum Gasteiger partial charge on any atom is 0.242 e. The first-order valence-electron chi connectivity index (χ1n) is 6.59. The monoisotopic (exact) mass is 325 g/mol. The third-order valence-electron chi connectivity index (χ3n) is 3.53. The number of hydrogen-bond donors (Lipinski definition) is 1. The molecule has 0 spiro atoms. The fourth-order valence-electron chi connectivity index (χ4n) is 2.30. The topological polar surface area (TPSA) is 49.6 Å². The molecular formula is C14H20BrN3O.